The topological polar surface area (TPSA) is 55.6 Å². The number of ether oxygens (including phenoxy) is 1. The zero-order valence-corrected chi connectivity index (χ0v) is 13.1. The van der Waals surface area contributed by atoms with Crippen molar-refractivity contribution in [2.75, 3.05) is 12.8 Å². The maximum Gasteiger partial charge on any atom is 0.255 e. The lowest BCUT2D eigenvalue weighted by molar-refractivity contribution is 0.0595. The number of benzene rings is 2. The van der Waals surface area contributed by atoms with E-state index in [4.69, 9.17) is 10.5 Å². The Balaban J connectivity index is 1.93. The van der Waals surface area contributed by atoms with Crippen molar-refractivity contribution in [1.82, 2.24) is 4.90 Å². The number of nitrogen functional groups attached to an aromatic ring is 1. The van der Waals surface area contributed by atoms with E-state index in [0.717, 1.165) is 22.4 Å². The molecule has 4 nitrogen and oxygen atoms in total. The van der Waals surface area contributed by atoms with Gasteiger partial charge in [0, 0.05) is 17.8 Å². The smallest absolute Gasteiger partial charge is 0.255 e. The minimum Gasteiger partial charge on any atom is -0.497 e. The van der Waals surface area contributed by atoms with E-state index in [-0.39, 0.29) is 11.4 Å². The fraction of sp³-hybridized carbons (Fsp3) is 0.278. The SMILES string of the molecule is COc1ccc(CN2C(=O)c3ccc(N)cc3C2(C)C)cc1. The number of amides is 1. The van der Waals surface area contributed by atoms with Crippen LogP contribution < -0.4 is 10.5 Å². The van der Waals surface area contributed by atoms with Crippen molar-refractivity contribution in [2.45, 2.75) is 25.9 Å². The number of nitrogens with two attached hydrogens (primary N) is 1. The third-order valence-electron chi connectivity index (χ3n) is 4.35. The summed E-state index contributed by atoms with van der Waals surface area (Å²) in [6.45, 7) is 4.67. The van der Waals surface area contributed by atoms with Crippen molar-refractivity contribution >= 4 is 11.6 Å². The van der Waals surface area contributed by atoms with E-state index < -0.39 is 0 Å². The Morgan fingerprint density at radius 1 is 1.14 bits per heavy atom. The van der Waals surface area contributed by atoms with Gasteiger partial charge < -0.3 is 15.4 Å². The maximum atomic E-state index is 12.7. The molecule has 0 aromatic heterocycles. The van der Waals surface area contributed by atoms with Gasteiger partial charge in [-0.3, -0.25) is 4.79 Å². The lowest BCUT2D eigenvalue weighted by Gasteiger charge is -2.32. The molecule has 1 heterocycles. The fourth-order valence-electron chi connectivity index (χ4n) is 2.98. The first-order valence-electron chi connectivity index (χ1n) is 7.28. The number of rotatable bonds is 3. The Labute approximate surface area is 130 Å². The van der Waals surface area contributed by atoms with Gasteiger partial charge in [0.2, 0.25) is 0 Å². The van der Waals surface area contributed by atoms with Gasteiger partial charge in [-0.1, -0.05) is 12.1 Å². The highest BCUT2D eigenvalue weighted by Crippen LogP contribution is 2.40. The van der Waals surface area contributed by atoms with Crippen LogP contribution in [0.25, 0.3) is 0 Å². The summed E-state index contributed by atoms with van der Waals surface area (Å²) < 4.78 is 5.17. The number of fused-ring (bicyclic) bond motifs is 1. The molecule has 1 aliphatic heterocycles. The molecular formula is C18H20N2O2. The molecule has 0 radical (unpaired) electrons. The lowest BCUT2D eigenvalue weighted by Crippen LogP contribution is -2.38. The maximum absolute atomic E-state index is 12.7. The van der Waals surface area contributed by atoms with Crippen molar-refractivity contribution < 1.29 is 9.53 Å². The van der Waals surface area contributed by atoms with E-state index in [2.05, 4.69) is 13.8 Å². The van der Waals surface area contributed by atoms with Gasteiger partial charge in [0.15, 0.2) is 0 Å². The van der Waals surface area contributed by atoms with E-state index >= 15 is 0 Å². The molecule has 0 spiro atoms. The van der Waals surface area contributed by atoms with Crippen LogP contribution in [-0.4, -0.2) is 17.9 Å². The highest BCUT2D eigenvalue weighted by molar-refractivity contribution is 6.00. The summed E-state index contributed by atoms with van der Waals surface area (Å²) in [6.07, 6.45) is 0. The van der Waals surface area contributed by atoms with Crippen LogP contribution in [0.5, 0.6) is 5.75 Å². The Bertz CT molecular complexity index is 720. The van der Waals surface area contributed by atoms with Crippen LogP contribution in [0.2, 0.25) is 0 Å². The summed E-state index contributed by atoms with van der Waals surface area (Å²) in [6, 6.07) is 13.3. The van der Waals surface area contributed by atoms with Gasteiger partial charge in [0.1, 0.15) is 5.75 Å². The quantitative estimate of drug-likeness (QED) is 0.885. The normalized spacial score (nSPS) is 15.8. The summed E-state index contributed by atoms with van der Waals surface area (Å²) in [5.41, 5.74) is 9.00. The first kappa shape index (κ1) is 14.4. The van der Waals surface area contributed by atoms with Gasteiger partial charge in [-0.25, -0.2) is 0 Å². The molecular weight excluding hydrogens is 276 g/mol. The van der Waals surface area contributed by atoms with Crippen molar-refractivity contribution in [3.05, 3.63) is 59.2 Å². The van der Waals surface area contributed by atoms with Crippen molar-refractivity contribution in [3.8, 4) is 5.75 Å². The fourth-order valence-corrected chi connectivity index (χ4v) is 2.98. The molecule has 4 heteroatoms. The second-order valence-corrected chi connectivity index (χ2v) is 6.10. The average molecular weight is 296 g/mol. The minimum absolute atomic E-state index is 0.0517. The zero-order chi connectivity index (χ0) is 15.9. The summed E-state index contributed by atoms with van der Waals surface area (Å²) in [5, 5.41) is 0. The summed E-state index contributed by atoms with van der Waals surface area (Å²) in [5.74, 6) is 0.864. The first-order valence-corrected chi connectivity index (χ1v) is 7.28. The molecule has 2 aromatic carbocycles. The van der Waals surface area contributed by atoms with Gasteiger partial charge in [-0.2, -0.15) is 0 Å². The van der Waals surface area contributed by atoms with Crippen LogP contribution in [0.3, 0.4) is 0 Å². The average Bonchev–Trinajstić information content (AvgIpc) is 2.69. The monoisotopic (exact) mass is 296 g/mol. The number of hydrogen-bond acceptors (Lipinski definition) is 3. The predicted octanol–water partition coefficient (Wildman–Crippen LogP) is 3.17. The van der Waals surface area contributed by atoms with Gasteiger partial charge in [0.25, 0.3) is 5.91 Å². The number of anilines is 1. The molecule has 0 saturated carbocycles. The zero-order valence-electron chi connectivity index (χ0n) is 13.1. The molecule has 1 amide bonds. The molecule has 2 aromatic rings. The molecule has 1 aliphatic rings. The highest BCUT2D eigenvalue weighted by atomic mass is 16.5. The number of carbonyl (C=O) groups excluding carboxylic acids is 1. The number of nitrogens with zero attached hydrogens (tertiary/aromatic N) is 1. The molecule has 22 heavy (non-hydrogen) atoms. The summed E-state index contributed by atoms with van der Waals surface area (Å²) >= 11 is 0. The predicted molar refractivity (Wildman–Crippen MR) is 86.7 cm³/mol. The Hall–Kier alpha value is -2.49. The Morgan fingerprint density at radius 2 is 1.82 bits per heavy atom. The van der Waals surface area contributed by atoms with Crippen molar-refractivity contribution in [3.63, 3.8) is 0 Å². The van der Waals surface area contributed by atoms with Crippen molar-refractivity contribution in [1.29, 1.82) is 0 Å². The van der Waals surface area contributed by atoms with Crippen LogP contribution in [0, 0.1) is 0 Å². The second kappa shape index (κ2) is 5.05. The molecule has 0 atom stereocenters. The van der Waals surface area contributed by atoms with E-state index in [1.54, 1.807) is 13.2 Å². The second-order valence-electron chi connectivity index (χ2n) is 6.10. The van der Waals surface area contributed by atoms with E-state index in [0.29, 0.717) is 12.2 Å². The van der Waals surface area contributed by atoms with E-state index in [1.165, 1.54) is 0 Å². The first-order chi connectivity index (χ1) is 10.4. The summed E-state index contributed by atoms with van der Waals surface area (Å²) in [4.78, 5) is 14.6. The van der Waals surface area contributed by atoms with Crippen molar-refractivity contribution in [2.24, 2.45) is 0 Å². The molecule has 3 rings (SSSR count). The van der Waals surface area contributed by atoms with Crippen LogP contribution in [-0.2, 0) is 12.1 Å². The van der Waals surface area contributed by atoms with Crippen LogP contribution in [0.4, 0.5) is 5.69 Å². The van der Waals surface area contributed by atoms with Crippen LogP contribution in [0.15, 0.2) is 42.5 Å². The van der Waals surface area contributed by atoms with E-state index in [1.807, 2.05) is 41.3 Å². The van der Waals surface area contributed by atoms with Gasteiger partial charge in [0.05, 0.1) is 12.6 Å². The molecule has 0 bridgehead atoms. The van der Waals surface area contributed by atoms with Gasteiger partial charge in [-0.05, 0) is 55.3 Å². The van der Waals surface area contributed by atoms with Crippen LogP contribution in [0.1, 0.15) is 35.3 Å². The summed E-state index contributed by atoms with van der Waals surface area (Å²) in [7, 11) is 1.64. The molecule has 0 fully saturated rings. The number of hydrogen-bond donors (Lipinski definition) is 1. The molecule has 0 saturated heterocycles. The molecule has 0 aliphatic carbocycles. The highest BCUT2D eigenvalue weighted by Gasteiger charge is 2.42. The third kappa shape index (κ3) is 2.21. The standard InChI is InChI=1S/C18H20N2O2/c1-18(2)16-10-13(19)6-9-15(16)17(21)20(18)11-12-4-7-14(22-3)8-5-12/h4-10H,11,19H2,1-3H3. The number of carbonyl (C=O) groups is 1. The Kier molecular flexibility index (Phi) is 3.32. The Morgan fingerprint density at radius 3 is 2.45 bits per heavy atom. The van der Waals surface area contributed by atoms with Gasteiger partial charge >= 0.3 is 0 Å². The van der Waals surface area contributed by atoms with Gasteiger partial charge in [-0.15, -0.1) is 0 Å². The largest absolute Gasteiger partial charge is 0.497 e. The minimum atomic E-state index is -0.373. The van der Waals surface area contributed by atoms with E-state index in [9.17, 15) is 4.79 Å². The third-order valence-corrected chi connectivity index (χ3v) is 4.35. The molecule has 2 N–H and O–H groups in total. The molecule has 114 valence electrons. The molecule has 0 unspecified atom stereocenters. The van der Waals surface area contributed by atoms with Crippen LogP contribution >= 0.6 is 0 Å². The lowest BCUT2D eigenvalue weighted by atomic mass is 9.93. The number of methoxy groups -OCH3 is 1.